The number of aromatic nitrogens is 3. The summed E-state index contributed by atoms with van der Waals surface area (Å²) >= 11 is 7.89. The van der Waals surface area contributed by atoms with Crippen LogP contribution in [0.25, 0.3) is 11.3 Å². The van der Waals surface area contributed by atoms with Crippen LogP contribution in [0.1, 0.15) is 52.0 Å². The van der Waals surface area contributed by atoms with E-state index in [2.05, 4.69) is 60.6 Å². The van der Waals surface area contributed by atoms with E-state index in [9.17, 15) is 0 Å². The summed E-state index contributed by atoms with van der Waals surface area (Å²) in [5.41, 5.74) is 5.70. The first kappa shape index (κ1) is 24.7. The summed E-state index contributed by atoms with van der Waals surface area (Å²) in [5, 5.41) is 14.1. The number of fused-ring (bicyclic) bond motifs is 4. The van der Waals surface area contributed by atoms with Gasteiger partial charge >= 0.3 is 0 Å². The summed E-state index contributed by atoms with van der Waals surface area (Å²) in [6, 6.07) is 16.1. The predicted molar refractivity (Wildman–Crippen MR) is 151 cm³/mol. The Balaban J connectivity index is 1.31. The summed E-state index contributed by atoms with van der Waals surface area (Å²) in [4.78, 5) is 4.87. The fraction of sp³-hybridized carbons (Fsp3) is 0.433. The molecule has 192 valence electrons. The topological polar surface area (TPSA) is 59.9 Å². The van der Waals surface area contributed by atoms with Gasteiger partial charge in [0.2, 0.25) is 11.0 Å². The second kappa shape index (κ2) is 9.95. The van der Waals surface area contributed by atoms with Gasteiger partial charge < -0.3 is 10.1 Å². The first-order valence-electron chi connectivity index (χ1n) is 13.2. The van der Waals surface area contributed by atoms with E-state index in [1.165, 1.54) is 24.6 Å². The van der Waals surface area contributed by atoms with Gasteiger partial charge in [0.25, 0.3) is 0 Å². The molecule has 2 aromatic carbocycles. The van der Waals surface area contributed by atoms with Gasteiger partial charge in [0.1, 0.15) is 0 Å². The molecule has 0 spiro atoms. The zero-order valence-corrected chi connectivity index (χ0v) is 23.1. The van der Waals surface area contributed by atoms with E-state index >= 15 is 0 Å². The minimum Gasteiger partial charge on any atom is -0.452 e. The summed E-state index contributed by atoms with van der Waals surface area (Å²) in [6.07, 6.45) is 7.02. The molecular formula is C30H33ClN4OS. The minimum absolute atomic E-state index is 0.185. The summed E-state index contributed by atoms with van der Waals surface area (Å²) < 4.78 is 6.73. The molecule has 5 nitrogen and oxygen atoms in total. The molecule has 0 saturated heterocycles. The van der Waals surface area contributed by atoms with Gasteiger partial charge in [-0.05, 0) is 60.6 Å². The number of allylic oxidation sites excluding steroid dienone is 2. The van der Waals surface area contributed by atoms with E-state index < -0.39 is 0 Å². The Morgan fingerprint density at radius 1 is 1.11 bits per heavy atom. The van der Waals surface area contributed by atoms with Crippen molar-refractivity contribution in [3.8, 4) is 17.1 Å². The highest BCUT2D eigenvalue weighted by Gasteiger charge is 2.44. The van der Waals surface area contributed by atoms with Crippen LogP contribution in [0.3, 0.4) is 0 Å². The molecule has 7 heteroatoms. The first-order valence-corrected chi connectivity index (χ1v) is 14.6. The molecule has 1 aromatic heterocycles. The zero-order valence-electron chi connectivity index (χ0n) is 21.6. The molecule has 3 aromatic rings. The number of benzene rings is 2. The minimum atomic E-state index is -0.185. The molecule has 37 heavy (non-hydrogen) atoms. The van der Waals surface area contributed by atoms with Crippen molar-refractivity contribution >= 4 is 29.1 Å². The molecule has 1 N–H and O–H groups in total. The van der Waals surface area contributed by atoms with Gasteiger partial charge in [-0.15, -0.1) is 10.2 Å². The third-order valence-electron chi connectivity index (χ3n) is 8.44. The molecular weight excluding hydrogens is 500 g/mol. The largest absolute Gasteiger partial charge is 0.452 e. The molecule has 0 amide bonds. The van der Waals surface area contributed by atoms with Gasteiger partial charge in [-0.25, -0.2) is 0 Å². The SMILES string of the molecule is C[C@H]1CC2=CCCC(C)(C)[C@H]2C[C@@H]1[C@@H]1Nc2ccccc2-c2nnc(SCc3ccccc3Cl)nc2O1. The van der Waals surface area contributed by atoms with Crippen LogP contribution in [0, 0.1) is 23.2 Å². The van der Waals surface area contributed by atoms with E-state index in [0.29, 0.717) is 45.7 Å². The van der Waals surface area contributed by atoms with Crippen LogP contribution in [0.15, 0.2) is 65.3 Å². The average molecular weight is 533 g/mol. The molecule has 0 radical (unpaired) electrons. The summed E-state index contributed by atoms with van der Waals surface area (Å²) in [5.74, 6) is 2.68. The Morgan fingerprint density at radius 3 is 2.78 bits per heavy atom. The predicted octanol–water partition coefficient (Wildman–Crippen LogP) is 8.02. The third-order valence-corrected chi connectivity index (χ3v) is 9.70. The number of para-hydroxylation sites is 1. The zero-order chi connectivity index (χ0) is 25.6. The third kappa shape index (κ3) is 4.86. The Kier molecular flexibility index (Phi) is 6.66. The number of rotatable bonds is 4. The fourth-order valence-corrected chi connectivity index (χ4v) is 7.34. The normalized spacial score (nSPS) is 25.9. The van der Waals surface area contributed by atoms with Crippen LogP contribution >= 0.6 is 23.4 Å². The Morgan fingerprint density at radius 2 is 1.92 bits per heavy atom. The van der Waals surface area contributed by atoms with Crippen molar-refractivity contribution in [1.29, 1.82) is 0 Å². The number of halogens is 1. The molecule has 3 aliphatic rings. The number of nitrogens with zero attached hydrogens (tertiary/aromatic N) is 3. The molecule has 1 saturated carbocycles. The van der Waals surface area contributed by atoms with Crippen LogP contribution < -0.4 is 10.1 Å². The summed E-state index contributed by atoms with van der Waals surface area (Å²) in [7, 11) is 0. The molecule has 1 fully saturated rings. The highest BCUT2D eigenvalue weighted by Crippen LogP contribution is 2.52. The number of ether oxygens (including phenoxy) is 1. The van der Waals surface area contributed by atoms with E-state index in [1.54, 1.807) is 5.57 Å². The quantitative estimate of drug-likeness (QED) is 0.271. The fourth-order valence-electron chi connectivity index (χ4n) is 6.27. The number of hydrogen-bond acceptors (Lipinski definition) is 6. The van der Waals surface area contributed by atoms with E-state index in [-0.39, 0.29) is 6.23 Å². The standard InChI is InChI=1S/C30H33ClN4OS/c1-18-15-19-10-8-14-30(2,3)23(19)16-22(18)27-32-25-13-7-5-11-21(25)26-28(36-27)33-29(35-34-26)37-17-20-9-4-6-12-24(20)31/h4-7,9-13,18,22-23,27,32H,8,14-17H2,1-3H3/t18-,22-,23-,27+/m0/s1. The lowest BCUT2D eigenvalue weighted by molar-refractivity contribution is 0.0519. The molecule has 0 unspecified atom stereocenters. The highest BCUT2D eigenvalue weighted by atomic mass is 35.5. The van der Waals surface area contributed by atoms with Crippen molar-refractivity contribution in [2.75, 3.05) is 5.32 Å². The number of thioether (sulfide) groups is 1. The molecule has 0 bridgehead atoms. The Bertz CT molecular complexity index is 1340. The maximum atomic E-state index is 6.73. The maximum absolute atomic E-state index is 6.73. The van der Waals surface area contributed by atoms with E-state index in [4.69, 9.17) is 21.3 Å². The number of anilines is 1. The van der Waals surface area contributed by atoms with Crippen LogP contribution in [0.2, 0.25) is 5.02 Å². The molecule has 2 aliphatic carbocycles. The van der Waals surface area contributed by atoms with Gasteiger partial charge in [-0.2, -0.15) is 4.98 Å². The Hall–Kier alpha value is -2.57. The lowest BCUT2D eigenvalue weighted by Gasteiger charge is -2.48. The first-order chi connectivity index (χ1) is 17.9. The smallest absolute Gasteiger partial charge is 0.247 e. The van der Waals surface area contributed by atoms with Gasteiger partial charge in [-0.3, -0.25) is 0 Å². The monoisotopic (exact) mass is 532 g/mol. The van der Waals surface area contributed by atoms with Crippen molar-refractivity contribution < 1.29 is 4.74 Å². The van der Waals surface area contributed by atoms with Gasteiger partial charge in [-0.1, -0.05) is 92.2 Å². The average Bonchev–Trinajstić information content (AvgIpc) is 3.04. The molecule has 2 heterocycles. The van der Waals surface area contributed by atoms with E-state index in [0.717, 1.165) is 34.7 Å². The van der Waals surface area contributed by atoms with Crippen molar-refractivity contribution in [2.45, 2.75) is 63.6 Å². The Labute approximate surface area is 228 Å². The molecule has 4 atom stereocenters. The van der Waals surface area contributed by atoms with Crippen molar-refractivity contribution in [2.24, 2.45) is 23.2 Å². The maximum Gasteiger partial charge on any atom is 0.247 e. The van der Waals surface area contributed by atoms with Crippen LogP contribution in [-0.4, -0.2) is 21.4 Å². The second-order valence-corrected chi connectivity index (χ2v) is 12.6. The highest BCUT2D eigenvalue weighted by molar-refractivity contribution is 7.98. The van der Waals surface area contributed by atoms with Crippen LogP contribution in [0.5, 0.6) is 5.88 Å². The molecule has 1 aliphatic heterocycles. The number of hydrogen-bond donors (Lipinski definition) is 1. The summed E-state index contributed by atoms with van der Waals surface area (Å²) in [6.45, 7) is 7.24. The molecule has 6 rings (SSSR count). The van der Waals surface area contributed by atoms with Gasteiger partial charge in [0, 0.05) is 27.9 Å². The van der Waals surface area contributed by atoms with Crippen molar-refractivity contribution in [1.82, 2.24) is 15.2 Å². The van der Waals surface area contributed by atoms with Gasteiger partial charge in [0.05, 0.1) is 0 Å². The second-order valence-electron chi connectivity index (χ2n) is 11.3. The van der Waals surface area contributed by atoms with Crippen LogP contribution in [0.4, 0.5) is 5.69 Å². The van der Waals surface area contributed by atoms with Crippen molar-refractivity contribution in [3.63, 3.8) is 0 Å². The lowest BCUT2D eigenvalue weighted by atomic mass is 9.59. The van der Waals surface area contributed by atoms with Crippen LogP contribution in [-0.2, 0) is 5.75 Å². The van der Waals surface area contributed by atoms with Crippen molar-refractivity contribution in [3.05, 3.63) is 70.8 Å². The van der Waals surface area contributed by atoms with Gasteiger partial charge in [0.15, 0.2) is 11.9 Å². The lowest BCUT2D eigenvalue weighted by Crippen LogP contribution is -2.45. The van der Waals surface area contributed by atoms with E-state index in [1.807, 2.05) is 30.3 Å². The number of nitrogens with one attached hydrogen (secondary N) is 1.